The summed E-state index contributed by atoms with van der Waals surface area (Å²) in [6.45, 7) is -0.472. The number of aliphatic carboxylic acids is 1. The summed E-state index contributed by atoms with van der Waals surface area (Å²) in [5.74, 6) is -1.27. The molecule has 6 nitrogen and oxygen atoms in total. The molecule has 102 valence electrons. The van der Waals surface area contributed by atoms with Crippen LogP contribution in [0.3, 0.4) is 0 Å². The minimum absolute atomic E-state index is 0.153. The maximum Gasteiger partial charge on any atom is 0.341 e. The summed E-state index contributed by atoms with van der Waals surface area (Å²) < 4.78 is 4.98. The van der Waals surface area contributed by atoms with E-state index >= 15 is 0 Å². The first-order valence-electron chi connectivity index (χ1n) is 5.44. The minimum Gasteiger partial charge on any atom is -0.480 e. The van der Waals surface area contributed by atoms with E-state index in [-0.39, 0.29) is 17.2 Å². The molecule has 0 spiro atoms. The molecule has 0 bridgehead atoms. The fraction of sp³-hybridized carbons (Fsp3) is 0.250. The van der Waals surface area contributed by atoms with Crippen LogP contribution in [-0.2, 0) is 9.59 Å². The molecule has 5 N–H and O–H groups in total. The van der Waals surface area contributed by atoms with Gasteiger partial charge in [0.15, 0.2) is 12.3 Å². The number of halogens is 1. The molecule has 0 radical (unpaired) electrons. The largest absolute Gasteiger partial charge is 0.480 e. The van der Waals surface area contributed by atoms with Gasteiger partial charge >= 0.3 is 5.97 Å². The fourth-order valence-corrected chi connectivity index (χ4v) is 1.59. The van der Waals surface area contributed by atoms with Crippen LogP contribution < -0.4 is 15.9 Å². The second kappa shape index (κ2) is 6.75. The summed E-state index contributed by atoms with van der Waals surface area (Å²) in [5, 5.41) is 14.5. The van der Waals surface area contributed by atoms with Crippen LogP contribution >= 0.6 is 11.6 Å². The molecule has 1 aromatic rings. The summed E-state index contributed by atoms with van der Waals surface area (Å²) in [6.07, 6.45) is 0.488. The zero-order valence-electron chi connectivity index (χ0n) is 10.1. The van der Waals surface area contributed by atoms with Gasteiger partial charge in [-0.1, -0.05) is 11.6 Å². The topological polar surface area (TPSA) is 115 Å². The number of carboxylic acids is 1. The number of hydrogen-bond acceptors (Lipinski definition) is 3. The van der Waals surface area contributed by atoms with Crippen molar-refractivity contribution in [3.05, 3.63) is 28.8 Å². The molecule has 0 unspecified atom stereocenters. The molecule has 1 rings (SSSR count). The number of carbonyl (C=O) groups is 2. The van der Waals surface area contributed by atoms with Crippen molar-refractivity contribution in [3.63, 3.8) is 0 Å². The standard InChI is InChI=1S/C12H13ClN2O4/c13-8-5-7(9(14)2-4-11(15)16)1-3-10(8)19-6-12(17)18/h1,3,5,14H,2,4,6H2,(H2,15,16)(H,17,18)/p+1. The van der Waals surface area contributed by atoms with Gasteiger partial charge in [-0.05, 0) is 18.2 Å². The van der Waals surface area contributed by atoms with Gasteiger partial charge in [-0.15, -0.1) is 0 Å². The van der Waals surface area contributed by atoms with Crippen molar-refractivity contribution in [1.29, 1.82) is 0 Å². The molecular formula is C12H14ClN2O4+. The van der Waals surface area contributed by atoms with Crippen molar-refractivity contribution in [2.24, 2.45) is 5.73 Å². The van der Waals surface area contributed by atoms with Gasteiger partial charge in [-0.25, -0.2) is 4.79 Å². The summed E-state index contributed by atoms with van der Waals surface area (Å²) >= 11 is 5.94. The van der Waals surface area contributed by atoms with Gasteiger partial charge in [0.05, 0.1) is 5.02 Å². The SMILES string of the molecule is NC(=O)CCC(=[NH2+])c1ccc(OCC(=O)O)c(Cl)c1. The third-order valence-corrected chi connectivity index (χ3v) is 2.59. The molecular weight excluding hydrogens is 272 g/mol. The lowest BCUT2D eigenvalue weighted by Crippen LogP contribution is -2.40. The first kappa shape index (κ1) is 15.0. The predicted molar refractivity (Wildman–Crippen MR) is 69.0 cm³/mol. The first-order valence-corrected chi connectivity index (χ1v) is 5.82. The average Bonchev–Trinajstić information content (AvgIpc) is 2.34. The van der Waals surface area contributed by atoms with Crippen molar-refractivity contribution in [3.8, 4) is 5.75 Å². The van der Waals surface area contributed by atoms with E-state index in [0.717, 1.165) is 0 Å². The number of carboxylic acid groups (broad SMARTS) is 1. The number of benzene rings is 1. The number of carbonyl (C=O) groups excluding carboxylic acids is 1. The molecule has 0 aromatic heterocycles. The molecule has 1 amide bonds. The number of rotatable bonds is 7. The second-order valence-corrected chi connectivity index (χ2v) is 4.23. The Kier molecular flexibility index (Phi) is 5.32. The monoisotopic (exact) mass is 285 g/mol. The zero-order valence-corrected chi connectivity index (χ0v) is 10.8. The number of nitrogens with two attached hydrogens (primary N) is 2. The van der Waals surface area contributed by atoms with E-state index in [2.05, 4.69) is 0 Å². The lowest BCUT2D eigenvalue weighted by molar-refractivity contribution is -0.139. The van der Waals surface area contributed by atoms with Gasteiger partial charge in [0.25, 0.3) is 0 Å². The molecule has 0 fully saturated rings. The van der Waals surface area contributed by atoms with E-state index in [1.165, 1.54) is 6.07 Å². The van der Waals surface area contributed by atoms with Gasteiger partial charge in [0.1, 0.15) is 5.75 Å². The van der Waals surface area contributed by atoms with E-state index in [1.54, 1.807) is 12.1 Å². The zero-order chi connectivity index (χ0) is 14.4. The molecule has 0 atom stereocenters. The van der Waals surface area contributed by atoms with Crippen molar-refractivity contribution in [2.45, 2.75) is 12.8 Å². The van der Waals surface area contributed by atoms with Crippen molar-refractivity contribution < 1.29 is 24.8 Å². The second-order valence-electron chi connectivity index (χ2n) is 3.82. The Bertz CT molecular complexity index is 516. The maximum absolute atomic E-state index is 10.7. The number of ether oxygens (including phenoxy) is 1. The van der Waals surface area contributed by atoms with Crippen LogP contribution in [0.1, 0.15) is 18.4 Å². The lowest BCUT2D eigenvalue weighted by atomic mass is 10.1. The molecule has 0 saturated carbocycles. The van der Waals surface area contributed by atoms with E-state index < -0.39 is 18.5 Å². The van der Waals surface area contributed by atoms with Crippen LogP contribution in [0, 0.1) is 0 Å². The number of amides is 1. The van der Waals surface area contributed by atoms with Crippen molar-refractivity contribution in [1.82, 2.24) is 0 Å². The van der Waals surface area contributed by atoms with Gasteiger partial charge in [0.2, 0.25) is 5.91 Å². The predicted octanol–water partition coefficient (Wildman–Crippen LogP) is -0.383. The highest BCUT2D eigenvalue weighted by Gasteiger charge is 2.12. The third kappa shape index (κ3) is 4.97. The number of hydrogen-bond donors (Lipinski definition) is 3. The van der Waals surface area contributed by atoms with Crippen LogP contribution in [0.25, 0.3) is 0 Å². The highest BCUT2D eigenvalue weighted by molar-refractivity contribution is 6.32. The molecule has 0 heterocycles. The minimum atomic E-state index is -1.09. The summed E-state index contributed by atoms with van der Waals surface area (Å²) in [5.41, 5.74) is 6.16. The van der Waals surface area contributed by atoms with Crippen LogP contribution in [0.5, 0.6) is 5.75 Å². The third-order valence-electron chi connectivity index (χ3n) is 2.29. The summed E-state index contributed by atoms with van der Waals surface area (Å²) in [4.78, 5) is 21.0. The Morgan fingerprint density at radius 2 is 2.05 bits per heavy atom. The van der Waals surface area contributed by atoms with E-state index in [0.29, 0.717) is 17.7 Å². The van der Waals surface area contributed by atoms with E-state index in [1.807, 2.05) is 0 Å². The Morgan fingerprint density at radius 1 is 1.37 bits per heavy atom. The molecule has 0 aliphatic heterocycles. The Labute approximate surface area is 114 Å². The smallest absolute Gasteiger partial charge is 0.341 e. The Balaban J connectivity index is 2.72. The van der Waals surface area contributed by atoms with Crippen molar-refractivity contribution in [2.75, 3.05) is 6.61 Å². The fourth-order valence-electron chi connectivity index (χ4n) is 1.36. The molecule has 0 aliphatic rings. The maximum atomic E-state index is 10.7. The van der Waals surface area contributed by atoms with Gasteiger partial charge in [-0.3, -0.25) is 10.2 Å². The molecule has 19 heavy (non-hydrogen) atoms. The van der Waals surface area contributed by atoms with Gasteiger partial charge in [-0.2, -0.15) is 0 Å². The van der Waals surface area contributed by atoms with E-state index in [4.69, 9.17) is 32.6 Å². The Morgan fingerprint density at radius 3 is 2.58 bits per heavy atom. The first-order chi connectivity index (χ1) is 8.90. The van der Waals surface area contributed by atoms with Crippen LogP contribution in [0.2, 0.25) is 5.02 Å². The van der Waals surface area contributed by atoms with E-state index in [9.17, 15) is 9.59 Å². The van der Waals surface area contributed by atoms with Gasteiger partial charge < -0.3 is 15.6 Å². The highest BCUT2D eigenvalue weighted by atomic mass is 35.5. The Hall–Kier alpha value is -2.08. The molecule has 7 heteroatoms. The quantitative estimate of drug-likeness (QED) is 0.592. The number of primary amides is 1. The van der Waals surface area contributed by atoms with Crippen molar-refractivity contribution >= 4 is 29.2 Å². The summed E-state index contributed by atoms with van der Waals surface area (Å²) in [7, 11) is 0. The van der Waals surface area contributed by atoms with Gasteiger partial charge in [0, 0.05) is 18.4 Å². The normalized spacial score (nSPS) is 9.95. The molecule has 0 aliphatic carbocycles. The average molecular weight is 286 g/mol. The van der Waals surface area contributed by atoms with Crippen LogP contribution in [0.15, 0.2) is 18.2 Å². The molecule has 1 aromatic carbocycles. The lowest BCUT2D eigenvalue weighted by Gasteiger charge is -2.06. The molecule has 0 saturated heterocycles. The van der Waals surface area contributed by atoms with Crippen LogP contribution in [0.4, 0.5) is 0 Å². The van der Waals surface area contributed by atoms with Crippen LogP contribution in [-0.4, -0.2) is 29.3 Å². The summed E-state index contributed by atoms with van der Waals surface area (Å²) in [6, 6.07) is 4.71. The highest BCUT2D eigenvalue weighted by Crippen LogP contribution is 2.25.